The third-order valence-electron chi connectivity index (χ3n) is 6.48. The van der Waals surface area contributed by atoms with Crippen LogP contribution >= 0.6 is 0 Å². The van der Waals surface area contributed by atoms with E-state index in [1.54, 1.807) is 18.2 Å². The molecule has 5 nitrogen and oxygen atoms in total. The van der Waals surface area contributed by atoms with Crippen molar-refractivity contribution in [3.63, 3.8) is 0 Å². The molecule has 5 heteroatoms. The quantitative estimate of drug-likeness (QED) is 0.851. The predicted octanol–water partition coefficient (Wildman–Crippen LogP) is 3.28. The van der Waals surface area contributed by atoms with Gasteiger partial charge in [-0.1, -0.05) is 0 Å². The minimum absolute atomic E-state index is 0.0331. The summed E-state index contributed by atoms with van der Waals surface area (Å²) in [6.45, 7) is 0.748. The van der Waals surface area contributed by atoms with E-state index in [1.165, 1.54) is 45.6 Å². The standard InChI is InChI=1S/C21H26N2O3/c1-25-19-7-14(11-22)2-3-18(19)26-12-20(24)23-13-21-8-15-4-16(9-21)6-17(5-15)10-21/h2-3,7,15-17H,4-6,8-10,12-13H2,1H3,(H,23,24). The third-order valence-corrected chi connectivity index (χ3v) is 6.48. The lowest BCUT2D eigenvalue weighted by Gasteiger charge is -2.56. The first-order valence-electron chi connectivity index (χ1n) is 9.57. The molecular weight excluding hydrogens is 328 g/mol. The lowest BCUT2D eigenvalue weighted by atomic mass is 9.49. The molecule has 26 heavy (non-hydrogen) atoms. The Balaban J connectivity index is 1.31. The maximum Gasteiger partial charge on any atom is 0.257 e. The molecule has 0 radical (unpaired) electrons. The van der Waals surface area contributed by atoms with E-state index in [-0.39, 0.29) is 12.5 Å². The van der Waals surface area contributed by atoms with Gasteiger partial charge in [0.25, 0.3) is 5.91 Å². The summed E-state index contributed by atoms with van der Waals surface area (Å²) in [5.41, 5.74) is 0.830. The zero-order chi connectivity index (χ0) is 18.1. The van der Waals surface area contributed by atoms with Gasteiger partial charge in [0.1, 0.15) is 0 Å². The Morgan fingerprint density at radius 3 is 2.42 bits per heavy atom. The number of ether oxygens (including phenoxy) is 2. The van der Waals surface area contributed by atoms with E-state index < -0.39 is 0 Å². The second kappa shape index (κ2) is 6.83. The minimum atomic E-state index is -0.0906. The molecule has 0 atom stereocenters. The maximum atomic E-state index is 12.3. The second-order valence-electron chi connectivity index (χ2n) is 8.46. The van der Waals surface area contributed by atoms with Crippen LogP contribution in [0.3, 0.4) is 0 Å². The molecule has 4 bridgehead atoms. The summed E-state index contributed by atoms with van der Waals surface area (Å²) >= 11 is 0. The van der Waals surface area contributed by atoms with Crippen LogP contribution in [-0.4, -0.2) is 26.2 Å². The predicted molar refractivity (Wildman–Crippen MR) is 96.8 cm³/mol. The molecule has 5 rings (SSSR count). The van der Waals surface area contributed by atoms with Crippen LogP contribution in [0.2, 0.25) is 0 Å². The van der Waals surface area contributed by atoms with E-state index >= 15 is 0 Å². The molecule has 0 spiro atoms. The van der Waals surface area contributed by atoms with Gasteiger partial charge >= 0.3 is 0 Å². The lowest BCUT2D eigenvalue weighted by Crippen LogP contribution is -2.51. The second-order valence-corrected chi connectivity index (χ2v) is 8.46. The Hall–Kier alpha value is -2.22. The molecule has 0 unspecified atom stereocenters. The molecule has 0 saturated heterocycles. The summed E-state index contributed by atoms with van der Waals surface area (Å²) in [6, 6.07) is 7.00. The van der Waals surface area contributed by atoms with E-state index in [4.69, 9.17) is 14.7 Å². The Labute approximate surface area is 154 Å². The molecule has 4 aliphatic carbocycles. The van der Waals surface area contributed by atoms with Gasteiger partial charge in [0.2, 0.25) is 0 Å². The van der Waals surface area contributed by atoms with E-state index in [2.05, 4.69) is 11.4 Å². The largest absolute Gasteiger partial charge is 0.493 e. The van der Waals surface area contributed by atoms with Crippen molar-refractivity contribution in [2.75, 3.05) is 20.3 Å². The van der Waals surface area contributed by atoms with Crippen molar-refractivity contribution in [3.8, 4) is 17.6 Å². The van der Waals surface area contributed by atoms with E-state index in [9.17, 15) is 4.79 Å². The molecule has 1 amide bonds. The molecule has 0 heterocycles. The van der Waals surface area contributed by atoms with Crippen LogP contribution in [0.5, 0.6) is 11.5 Å². The molecule has 4 saturated carbocycles. The van der Waals surface area contributed by atoms with Crippen LogP contribution in [0.4, 0.5) is 0 Å². The summed E-state index contributed by atoms with van der Waals surface area (Å²) < 4.78 is 10.9. The van der Waals surface area contributed by atoms with Crippen molar-refractivity contribution in [2.45, 2.75) is 38.5 Å². The zero-order valence-corrected chi connectivity index (χ0v) is 15.3. The van der Waals surface area contributed by atoms with Gasteiger partial charge in [-0.15, -0.1) is 0 Å². The summed E-state index contributed by atoms with van der Waals surface area (Å²) in [7, 11) is 1.52. The summed E-state index contributed by atoms with van der Waals surface area (Å²) in [5.74, 6) is 3.52. The lowest BCUT2D eigenvalue weighted by molar-refractivity contribution is -0.125. The number of nitriles is 1. The van der Waals surface area contributed by atoms with Gasteiger partial charge in [-0.25, -0.2) is 0 Å². The van der Waals surface area contributed by atoms with Crippen molar-refractivity contribution in [3.05, 3.63) is 23.8 Å². The van der Waals surface area contributed by atoms with Gasteiger partial charge in [-0.05, 0) is 73.8 Å². The fraction of sp³-hybridized carbons (Fsp3) is 0.619. The molecule has 1 aromatic rings. The average Bonchev–Trinajstić information content (AvgIpc) is 2.63. The number of benzene rings is 1. The normalized spacial score (nSPS) is 31.3. The first kappa shape index (κ1) is 17.2. The maximum absolute atomic E-state index is 12.3. The average molecular weight is 354 g/mol. The van der Waals surface area contributed by atoms with Crippen LogP contribution in [-0.2, 0) is 4.79 Å². The molecule has 0 aliphatic heterocycles. The smallest absolute Gasteiger partial charge is 0.257 e. The van der Waals surface area contributed by atoms with E-state index in [0.717, 1.165) is 24.3 Å². The first-order chi connectivity index (χ1) is 12.6. The van der Waals surface area contributed by atoms with E-state index in [1.807, 2.05) is 0 Å². The Morgan fingerprint density at radius 2 is 1.85 bits per heavy atom. The fourth-order valence-electron chi connectivity index (χ4n) is 5.84. The zero-order valence-electron chi connectivity index (χ0n) is 15.3. The molecule has 1 aromatic carbocycles. The van der Waals surface area contributed by atoms with E-state index in [0.29, 0.717) is 22.5 Å². The highest BCUT2D eigenvalue weighted by Gasteiger charge is 2.50. The molecule has 138 valence electrons. The molecule has 4 fully saturated rings. The van der Waals surface area contributed by atoms with Gasteiger partial charge in [0.05, 0.1) is 18.7 Å². The van der Waals surface area contributed by atoms with Crippen LogP contribution in [0.15, 0.2) is 18.2 Å². The highest BCUT2D eigenvalue weighted by Crippen LogP contribution is 2.59. The number of nitrogens with one attached hydrogen (secondary N) is 1. The monoisotopic (exact) mass is 354 g/mol. The third kappa shape index (κ3) is 3.38. The topological polar surface area (TPSA) is 71.3 Å². The van der Waals surface area contributed by atoms with Crippen molar-refractivity contribution in [1.29, 1.82) is 5.26 Å². The number of hydrogen-bond donors (Lipinski definition) is 1. The minimum Gasteiger partial charge on any atom is -0.493 e. The van der Waals surface area contributed by atoms with Crippen LogP contribution in [0.25, 0.3) is 0 Å². The molecular formula is C21H26N2O3. The fourth-order valence-corrected chi connectivity index (χ4v) is 5.84. The summed E-state index contributed by atoms with van der Waals surface area (Å²) in [6.07, 6.45) is 8.08. The van der Waals surface area contributed by atoms with Crippen molar-refractivity contribution in [2.24, 2.45) is 23.2 Å². The highest BCUT2D eigenvalue weighted by atomic mass is 16.5. The SMILES string of the molecule is COc1cc(C#N)ccc1OCC(=O)NCC12CC3CC(CC(C3)C1)C2. The van der Waals surface area contributed by atoms with Gasteiger partial charge in [0.15, 0.2) is 18.1 Å². The van der Waals surface area contributed by atoms with Crippen molar-refractivity contribution < 1.29 is 14.3 Å². The number of carbonyl (C=O) groups is 1. The summed E-state index contributed by atoms with van der Waals surface area (Å²) in [4.78, 5) is 12.3. The van der Waals surface area contributed by atoms with Gasteiger partial charge in [-0.3, -0.25) is 4.79 Å². The summed E-state index contributed by atoms with van der Waals surface area (Å²) in [5, 5.41) is 12.1. The number of rotatable bonds is 6. The van der Waals surface area contributed by atoms with Crippen molar-refractivity contribution >= 4 is 5.91 Å². The first-order valence-corrected chi connectivity index (χ1v) is 9.57. The molecule has 4 aliphatic rings. The highest BCUT2D eigenvalue weighted by molar-refractivity contribution is 5.77. The van der Waals surface area contributed by atoms with Gasteiger partial charge < -0.3 is 14.8 Å². The van der Waals surface area contributed by atoms with Crippen LogP contribution in [0, 0.1) is 34.5 Å². The number of nitrogens with zero attached hydrogens (tertiary/aromatic N) is 1. The number of amides is 1. The Kier molecular flexibility index (Phi) is 4.52. The van der Waals surface area contributed by atoms with Gasteiger partial charge in [-0.2, -0.15) is 5.26 Å². The van der Waals surface area contributed by atoms with Crippen LogP contribution < -0.4 is 14.8 Å². The molecule has 0 aromatic heterocycles. The number of methoxy groups -OCH3 is 1. The Morgan fingerprint density at radius 1 is 1.19 bits per heavy atom. The van der Waals surface area contributed by atoms with Crippen molar-refractivity contribution in [1.82, 2.24) is 5.32 Å². The van der Waals surface area contributed by atoms with Crippen LogP contribution in [0.1, 0.15) is 44.1 Å². The number of carbonyl (C=O) groups excluding carboxylic acids is 1. The Bertz CT molecular complexity index is 702. The number of hydrogen-bond acceptors (Lipinski definition) is 4. The van der Waals surface area contributed by atoms with Gasteiger partial charge in [0, 0.05) is 12.6 Å². The molecule has 1 N–H and O–H groups in total.